The van der Waals surface area contributed by atoms with Gasteiger partial charge in [0.15, 0.2) is 0 Å². The van der Waals surface area contributed by atoms with Gasteiger partial charge in [0.2, 0.25) is 0 Å². The summed E-state index contributed by atoms with van der Waals surface area (Å²) in [4.78, 5) is 4.77. The van der Waals surface area contributed by atoms with E-state index in [0.717, 1.165) is 34.2 Å². The molecule has 4 nitrogen and oxygen atoms in total. The summed E-state index contributed by atoms with van der Waals surface area (Å²) in [5.74, 6) is 1.63. The molecule has 130 valence electrons. The second-order valence-electron chi connectivity index (χ2n) is 5.74. The molecule has 1 N–H and O–H groups in total. The van der Waals surface area contributed by atoms with Crippen molar-refractivity contribution >= 4 is 40.4 Å². The first kappa shape index (κ1) is 16.8. The molecule has 0 spiro atoms. The lowest BCUT2D eigenvalue weighted by Crippen LogP contribution is -1.97. The van der Waals surface area contributed by atoms with Crippen molar-refractivity contribution in [2.45, 2.75) is 0 Å². The zero-order valence-corrected chi connectivity index (χ0v) is 15.4. The first-order valence-electron chi connectivity index (χ1n) is 7.99. The monoisotopic (exact) mass is 383 g/mol. The van der Waals surface area contributed by atoms with E-state index in [1.54, 1.807) is 7.11 Å². The molecule has 26 heavy (non-hydrogen) atoms. The fraction of sp³-hybridized carbons (Fsp3) is 0.0500. The summed E-state index contributed by atoms with van der Waals surface area (Å²) in [7, 11) is 1.65. The van der Waals surface area contributed by atoms with Crippen LogP contribution in [0, 0.1) is 0 Å². The van der Waals surface area contributed by atoms with Gasteiger partial charge in [0.25, 0.3) is 0 Å². The third-order valence-corrected chi connectivity index (χ3v) is 4.53. The molecule has 0 bridgehead atoms. The molecule has 6 heteroatoms. The molecule has 0 aliphatic carbocycles. The number of anilines is 2. The van der Waals surface area contributed by atoms with E-state index < -0.39 is 0 Å². The van der Waals surface area contributed by atoms with Gasteiger partial charge in [0, 0.05) is 22.5 Å². The van der Waals surface area contributed by atoms with Gasteiger partial charge in [-0.15, -0.1) is 0 Å². The van der Waals surface area contributed by atoms with E-state index >= 15 is 0 Å². The molecule has 2 aromatic carbocycles. The van der Waals surface area contributed by atoms with Gasteiger partial charge in [-0.2, -0.15) is 0 Å². The minimum Gasteiger partial charge on any atom is -0.497 e. The Morgan fingerprint density at radius 1 is 0.885 bits per heavy atom. The molecule has 4 aromatic rings. The maximum atomic E-state index is 6.20. The Balaban J connectivity index is 1.86. The van der Waals surface area contributed by atoms with Crippen LogP contribution in [-0.2, 0) is 0 Å². The van der Waals surface area contributed by atoms with E-state index in [1.807, 2.05) is 71.3 Å². The second kappa shape index (κ2) is 6.90. The Morgan fingerprint density at radius 3 is 2.27 bits per heavy atom. The zero-order chi connectivity index (χ0) is 18.1. The number of pyridine rings is 1. The van der Waals surface area contributed by atoms with Crippen LogP contribution in [0.2, 0.25) is 10.0 Å². The largest absolute Gasteiger partial charge is 0.497 e. The van der Waals surface area contributed by atoms with Gasteiger partial charge in [-0.25, -0.2) is 4.98 Å². The van der Waals surface area contributed by atoms with Gasteiger partial charge in [-0.05, 0) is 60.7 Å². The highest BCUT2D eigenvalue weighted by Crippen LogP contribution is 2.33. The van der Waals surface area contributed by atoms with Crippen molar-refractivity contribution in [3.63, 3.8) is 0 Å². The number of imidazole rings is 1. The number of methoxy groups -OCH3 is 1. The van der Waals surface area contributed by atoms with Crippen LogP contribution in [0.5, 0.6) is 5.75 Å². The summed E-state index contributed by atoms with van der Waals surface area (Å²) in [6, 6.07) is 19.0. The maximum Gasteiger partial charge on any atom is 0.143 e. The van der Waals surface area contributed by atoms with Crippen molar-refractivity contribution in [1.82, 2.24) is 9.38 Å². The predicted molar refractivity (Wildman–Crippen MR) is 107 cm³/mol. The molecule has 2 heterocycles. The number of hydrogen-bond acceptors (Lipinski definition) is 3. The normalized spacial score (nSPS) is 10.9. The number of fused-ring (bicyclic) bond motifs is 1. The number of nitrogens with zero attached hydrogens (tertiary/aromatic N) is 2. The Labute approximate surface area is 161 Å². The van der Waals surface area contributed by atoms with E-state index in [9.17, 15) is 0 Å². The van der Waals surface area contributed by atoms with Gasteiger partial charge in [0.05, 0.1) is 12.1 Å². The van der Waals surface area contributed by atoms with E-state index in [2.05, 4.69) is 5.32 Å². The minimum absolute atomic E-state index is 0.635. The van der Waals surface area contributed by atoms with Crippen LogP contribution in [0.3, 0.4) is 0 Å². The highest BCUT2D eigenvalue weighted by molar-refractivity contribution is 6.30. The minimum atomic E-state index is 0.635. The fourth-order valence-corrected chi connectivity index (χ4v) is 3.04. The number of aromatic nitrogens is 2. The van der Waals surface area contributed by atoms with Crippen LogP contribution in [-0.4, -0.2) is 16.5 Å². The molecular weight excluding hydrogens is 369 g/mol. The molecular formula is C20H15Cl2N3O. The first-order valence-corrected chi connectivity index (χ1v) is 8.74. The molecule has 0 radical (unpaired) electrons. The highest BCUT2D eigenvalue weighted by Gasteiger charge is 2.15. The standard InChI is InChI=1S/C20H15Cl2N3O/c1-26-17-9-2-13(3-10-17)19-20(23-16-7-4-14(21)5-8-16)25-12-15(22)6-11-18(25)24-19/h2-12,23H,1H3. The van der Waals surface area contributed by atoms with Crippen molar-refractivity contribution in [1.29, 1.82) is 0 Å². The lowest BCUT2D eigenvalue weighted by molar-refractivity contribution is 0.415. The topological polar surface area (TPSA) is 38.6 Å². The molecule has 0 saturated heterocycles. The molecule has 0 aliphatic heterocycles. The van der Waals surface area contributed by atoms with E-state index in [1.165, 1.54) is 0 Å². The lowest BCUT2D eigenvalue weighted by atomic mass is 10.1. The average molecular weight is 384 g/mol. The summed E-state index contributed by atoms with van der Waals surface area (Å²) in [6.07, 6.45) is 1.84. The van der Waals surface area contributed by atoms with Crippen LogP contribution in [0.1, 0.15) is 0 Å². The van der Waals surface area contributed by atoms with Crippen molar-refractivity contribution < 1.29 is 4.74 Å². The third-order valence-electron chi connectivity index (χ3n) is 4.05. The second-order valence-corrected chi connectivity index (χ2v) is 6.62. The molecule has 0 amide bonds. The Hall–Kier alpha value is -2.69. The van der Waals surface area contributed by atoms with Crippen molar-refractivity contribution in [3.05, 3.63) is 76.9 Å². The summed E-state index contributed by atoms with van der Waals surface area (Å²) >= 11 is 12.2. The highest BCUT2D eigenvalue weighted by atomic mass is 35.5. The molecule has 0 aliphatic rings. The third kappa shape index (κ3) is 3.21. The molecule has 0 fully saturated rings. The maximum absolute atomic E-state index is 6.20. The smallest absolute Gasteiger partial charge is 0.143 e. The number of ether oxygens (including phenoxy) is 1. The Morgan fingerprint density at radius 2 is 1.58 bits per heavy atom. The zero-order valence-electron chi connectivity index (χ0n) is 13.9. The lowest BCUT2D eigenvalue weighted by Gasteiger charge is -2.10. The van der Waals surface area contributed by atoms with Crippen LogP contribution < -0.4 is 10.1 Å². The summed E-state index contributed by atoms with van der Waals surface area (Å²) in [5.41, 5.74) is 3.51. The van der Waals surface area contributed by atoms with Crippen LogP contribution >= 0.6 is 23.2 Å². The predicted octanol–water partition coefficient (Wildman–Crippen LogP) is 6.06. The number of rotatable bonds is 4. The molecule has 4 rings (SSSR count). The number of hydrogen-bond donors (Lipinski definition) is 1. The summed E-state index contributed by atoms with van der Waals surface area (Å²) in [6.45, 7) is 0. The Kier molecular flexibility index (Phi) is 4.45. The number of halogens is 2. The summed E-state index contributed by atoms with van der Waals surface area (Å²) < 4.78 is 7.19. The molecule has 0 atom stereocenters. The fourth-order valence-electron chi connectivity index (χ4n) is 2.76. The van der Waals surface area contributed by atoms with E-state index in [-0.39, 0.29) is 0 Å². The van der Waals surface area contributed by atoms with Gasteiger partial charge in [0.1, 0.15) is 22.9 Å². The summed E-state index contributed by atoms with van der Waals surface area (Å²) in [5, 5.41) is 4.75. The van der Waals surface area contributed by atoms with Crippen LogP contribution in [0.25, 0.3) is 16.9 Å². The molecule has 0 saturated carbocycles. The number of benzene rings is 2. The molecule has 0 unspecified atom stereocenters. The van der Waals surface area contributed by atoms with Crippen molar-refractivity contribution in [2.24, 2.45) is 0 Å². The number of nitrogens with one attached hydrogen (secondary N) is 1. The van der Waals surface area contributed by atoms with Gasteiger partial charge in [-0.3, -0.25) is 4.40 Å². The SMILES string of the molecule is COc1ccc(-c2nc3ccc(Cl)cn3c2Nc2ccc(Cl)cc2)cc1. The van der Waals surface area contributed by atoms with Crippen molar-refractivity contribution in [3.8, 4) is 17.0 Å². The van der Waals surface area contributed by atoms with Crippen molar-refractivity contribution in [2.75, 3.05) is 12.4 Å². The van der Waals surface area contributed by atoms with E-state index in [0.29, 0.717) is 10.0 Å². The quantitative estimate of drug-likeness (QED) is 0.465. The van der Waals surface area contributed by atoms with Gasteiger partial charge >= 0.3 is 0 Å². The Bertz CT molecular complexity index is 1060. The van der Waals surface area contributed by atoms with E-state index in [4.69, 9.17) is 32.9 Å². The van der Waals surface area contributed by atoms with Crippen LogP contribution in [0.15, 0.2) is 66.9 Å². The average Bonchev–Trinajstić information content (AvgIpc) is 3.01. The van der Waals surface area contributed by atoms with Gasteiger partial charge < -0.3 is 10.1 Å². The molecule has 2 aromatic heterocycles. The van der Waals surface area contributed by atoms with Crippen LogP contribution in [0.4, 0.5) is 11.5 Å². The first-order chi connectivity index (χ1) is 12.6. The van der Waals surface area contributed by atoms with Gasteiger partial charge in [-0.1, -0.05) is 23.2 Å².